The fraction of sp³-hybridized carbons (Fsp3) is 0.692. The Balaban J connectivity index is 1.67. The monoisotopic (exact) mass is 298 g/mol. The lowest BCUT2D eigenvalue weighted by atomic mass is 9.79. The molecule has 0 bridgehead atoms. The molecule has 4 nitrogen and oxygen atoms in total. The van der Waals surface area contributed by atoms with Crippen LogP contribution in [0.15, 0.2) is 0 Å². The van der Waals surface area contributed by atoms with Crippen molar-refractivity contribution in [2.45, 2.75) is 38.2 Å². The first-order valence-corrected chi connectivity index (χ1v) is 7.91. The number of aromatic amines is 1. The molecule has 2 heterocycles. The smallest absolute Gasteiger partial charge is 0.228 e. The summed E-state index contributed by atoms with van der Waals surface area (Å²) in [6.07, 6.45) is 3.87. The second-order valence-corrected chi connectivity index (χ2v) is 7.21. The van der Waals surface area contributed by atoms with Crippen LogP contribution in [0.25, 0.3) is 0 Å². The van der Waals surface area contributed by atoms with E-state index in [2.05, 4.69) is 4.98 Å². The molecule has 1 aromatic rings. The second-order valence-electron chi connectivity index (χ2n) is 5.44. The van der Waals surface area contributed by atoms with Gasteiger partial charge >= 0.3 is 0 Å². The van der Waals surface area contributed by atoms with E-state index in [1.54, 1.807) is 0 Å². The summed E-state index contributed by atoms with van der Waals surface area (Å²) in [6, 6.07) is 0. The van der Waals surface area contributed by atoms with Crippen LogP contribution >= 0.6 is 23.6 Å². The first-order valence-electron chi connectivity index (χ1n) is 6.68. The van der Waals surface area contributed by atoms with Crippen LogP contribution in [0.2, 0.25) is 0 Å². The van der Waals surface area contributed by atoms with Gasteiger partial charge in [0.15, 0.2) is 3.95 Å². The van der Waals surface area contributed by atoms with E-state index in [9.17, 15) is 4.79 Å². The highest BCUT2D eigenvalue weighted by molar-refractivity contribution is 7.73. The maximum Gasteiger partial charge on any atom is 0.228 e. The fourth-order valence-corrected chi connectivity index (χ4v) is 4.07. The Hall–Kier alpha value is -0.720. The van der Waals surface area contributed by atoms with Gasteiger partial charge in [0, 0.05) is 23.7 Å². The highest BCUT2D eigenvalue weighted by Crippen LogP contribution is 2.38. The first-order chi connectivity index (χ1) is 9.08. The van der Waals surface area contributed by atoms with E-state index in [0.717, 1.165) is 40.5 Å². The molecular weight excluding hydrogens is 280 g/mol. The van der Waals surface area contributed by atoms with Crippen molar-refractivity contribution in [3.05, 3.63) is 14.5 Å². The zero-order chi connectivity index (χ0) is 13.5. The summed E-state index contributed by atoms with van der Waals surface area (Å²) in [7, 11) is 0. The highest BCUT2D eigenvalue weighted by Gasteiger charge is 2.43. The normalized spacial score (nSPS) is 21.4. The number of thiazole rings is 1. The van der Waals surface area contributed by atoms with E-state index >= 15 is 0 Å². The van der Waals surface area contributed by atoms with E-state index in [1.165, 1.54) is 17.8 Å². The summed E-state index contributed by atoms with van der Waals surface area (Å²) in [6.45, 7) is 4.13. The van der Waals surface area contributed by atoms with Crippen molar-refractivity contribution in [3.8, 4) is 0 Å². The Morgan fingerprint density at radius 3 is 2.95 bits per heavy atom. The molecule has 1 aliphatic heterocycles. The predicted octanol–water partition coefficient (Wildman–Crippen LogP) is 2.44. The van der Waals surface area contributed by atoms with Gasteiger partial charge in [0.25, 0.3) is 0 Å². The van der Waals surface area contributed by atoms with Crippen LogP contribution in [-0.2, 0) is 16.0 Å². The van der Waals surface area contributed by atoms with Crippen LogP contribution in [-0.4, -0.2) is 41.1 Å². The van der Waals surface area contributed by atoms with Crippen LogP contribution in [0, 0.1) is 10.9 Å². The number of ether oxygens (including phenoxy) is 1. The topological polar surface area (TPSA) is 45.3 Å². The van der Waals surface area contributed by atoms with Crippen LogP contribution in [0.1, 0.15) is 29.8 Å². The van der Waals surface area contributed by atoms with Crippen LogP contribution in [0.5, 0.6) is 0 Å². The Kier molecular flexibility index (Phi) is 3.49. The lowest BCUT2D eigenvalue weighted by molar-refractivity contribution is -0.167. The van der Waals surface area contributed by atoms with Gasteiger partial charge in [0.1, 0.15) is 0 Å². The van der Waals surface area contributed by atoms with Crippen molar-refractivity contribution in [2.75, 3.05) is 19.7 Å². The average Bonchev–Trinajstić information content (AvgIpc) is 2.66. The largest absolute Gasteiger partial charge is 0.371 e. The molecule has 1 amide bonds. The van der Waals surface area contributed by atoms with E-state index in [-0.39, 0.29) is 11.5 Å². The van der Waals surface area contributed by atoms with Gasteiger partial charge < -0.3 is 14.6 Å². The Labute approximate surface area is 121 Å². The van der Waals surface area contributed by atoms with E-state index in [4.69, 9.17) is 17.0 Å². The molecule has 1 N–H and O–H groups in total. The van der Waals surface area contributed by atoms with Gasteiger partial charge in [-0.1, -0.05) is 0 Å². The second kappa shape index (κ2) is 5.00. The zero-order valence-corrected chi connectivity index (χ0v) is 12.7. The number of aromatic nitrogens is 1. The van der Waals surface area contributed by atoms with E-state index in [0.29, 0.717) is 13.0 Å². The SMILES string of the molecule is Cc1[nH]c(=S)sc1CC(=O)N1CCOC2(CCC2)C1. The quantitative estimate of drug-likeness (QED) is 0.853. The zero-order valence-electron chi connectivity index (χ0n) is 11.0. The molecular formula is C13H18N2O2S2. The van der Waals surface area contributed by atoms with Gasteiger partial charge in [0.05, 0.1) is 18.6 Å². The van der Waals surface area contributed by atoms with E-state index < -0.39 is 0 Å². The number of H-pyrrole nitrogens is 1. The highest BCUT2D eigenvalue weighted by atomic mass is 32.1. The van der Waals surface area contributed by atoms with Gasteiger partial charge in [-0.15, -0.1) is 11.3 Å². The van der Waals surface area contributed by atoms with Gasteiger partial charge in [-0.25, -0.2) is 0 Å². The molecule has 1 spiro atoms. The van der Waals surface area contributed by atoms with Gasteiger partial charge in [0.2, 0.25) is 5.91 Å². The standard InChI is InChI=1S/C13H18N2O2S2/c1-9-10(19-12(18)14-9)7-11(16)15-5-6-17-13(8-15)3-2-4-13/h2-8H2,1H3,(H,14,18). The molecule has 0 unspecified atom stereocenters. The third-order valence-corrected chi connectivity index (χ3v) is 5.44. The van der Waals surface area contributed by atoms with Crippen molar-refractivity contribution in [3.63, 3.8) is 0 Å². The lowest BCUT2D eigenvalue weighted by Gasteiger charge is -2.48. The van der Waals surface area contributed by atoms with Crippen LogP contribution < -0.4 is 0 Å². The van der Waals surface area contributed by atoms with E-state index in [1.807, 2.05) is 11.8 Å². The van der Waals surface area contributed by atoms with Gasteiger partial charge in [-0.2, -0.15) is 0 Å². The lowest BCUT2D eigenvalue weighted by Crippen LogP contribution is -2.57. The maximum atomic E-state index is 12.4. The molecule has 104 valence electrons. The summed E-state index contributed by atoms with van der Waals surface area (Å²) in [5.41, 5.74) is 1.00. The minimum atomic E-state index is -0.0201. The molecule has 2 fully saturated rings. The molecule has 19 heavy (non-hydrogen) atoms. The average molecular weight is 298 g/mol. The fourth-order valence-electron chi connectivity index (χ4n) is 2.79. The molecule has 1 saturated carbocycles. The summed E-state index contributed by atoms with van der Waals surface area (Å²) >= 11 is 6.62. The van der Waals surface area contributed by atoms with Crippen molar-refractivity contribution in [1.29, 1.82) is 0 Å². The van der Waals surface area contributed by atoms with Crippen molar-refractivity contribution < 1.29 is 9.53 Å². The Bertz CT molecular complexity index is 545. The molecule has 1 saturated heterocycles. The number of morpholine rings is 1. The Morgan fingerprint density at radius 1 is 1.58 bits per heavy atom. The number of hydrogen-bond donors (Lipinski definition) is 1. The molecule has 1 aliphatic carbocycles. The number of carbonyl (C=O) groups excluding carboxylic acids is 1. The molecule has 0 aromatic carbocycles. The minimum absolute atomic E-state index is 0.0201. The molecule has 1 aromatic heterocycles. The molecule has 6 heteroatoms. The number of carbonyl (C=O) groups is 1. The number of nitrogens with one attached hydrogen (secondary N) is 1. The minimum Gasteiger partial charge on any atom is -0.371 e. The predicted molar refractivity (Wildman–Crippen MR) is 77.1 cm³/mol. The molecule has 0 atom stereocenters. The van der Waals surface area contributed by atoms with Crippen molar-refractivity contribution in [1.82, 2.24) is 9.88 Å². The Morgan fingerprint density at radius 2 is 2.37 bits per heavy atom. The van der Waals surface area contributed by atoms with Crippen LogP contribution in [0.3, 0.4) is 0 Å². The number of nitrogens with zero attached hydrogens (tertiary/aromatic N) is 1. The summed E-state index contributed by atoms with van der Waals surface area (Å²) in [4.78, 5) is 18.5. The van der Waals surface area contributed by atoms with Gasteiger partial charge in [-0.3, -0.25) is 4.79 Å². The number of rotatable bonds is 2. The summed E-state index contributed by atoms with van der Waals surface area (Å²) in [5.74, 6) is 0.197. The number of aryl methyl sites for hydroxylation is 1. The number of hydrogen-bond acceptors (Lipinski definition) is 4. The molecule has 3 rings (SSSR count). The summed E-state index contributed by atoms with van der Waals surface area (Å²) < 4.78 is 6.59. The number of amides is 1. The third kappa shape index (κ3) is 2.61. The molecule has 0 radical (unpaired) electrons. The third-order valence-electron chi connectivity index (χ3n) is 4.10. The first kappa shape index (κ1) is 13.3. The van der Waals surface area contributed by atoms with Crippen LogP contribution in [0.4, 0.5) is 0 Å². The van der Waals surface area contributed by atoms with Crippen molar-refractivity contribution in [2.24, 2.45) is 0 Å². The maximum absolute atomic E-state index is 12.4. The van der Waals surface area contributed by atoms with Crippen molar-refractivity contribution >= 4 is 29.5 Å². The van der Waals surface area contributed by atoms with Gasteiger partial charge in [-0.05, 0) is 38.4 Å². The molecule has 2 aliphatic rings. The summed E-state index contributed by atoms with van der Waals surface area (Å²) in [5, 5.41) is 0.